The van der Waals surface area contributed by atoms with Crippen LogP contribution >= 0.6 is 0 Å². The first-order chi connectivity index (χ1) is 9.60. The molecule has 2 rings (SSSR count). The molecule has 1 fully saturated rings. The summed E-state index contributed by atoms with van der Waals surface area (Å²) in [6.45, 7) is 10.3. The fraction of sp³-hybridized carbons (Fsp3) is 0.562. The topological polar surface area (TPSA) is 41.6 Å². The molecule has 1 aliphatic rings. The van der Waals surface area contributed by atoms with Crippen LogP contribution in [-0.2, 0) is 6.54 Å². The van der Waals surface area contributed by atoms with Gasteiger partial charge in [-0.2, -0.15) is 0 Å². The van der Waals surface area contributed by atoms with Gasteiger partial charge in [0, 0.05) is 43.3 Å². The quantitative estimate of drug-likeness (QED) is 0.836. The van der Waals surface area contributed by atoms with E-state index in [9.17, 15) is 4.79 Å². The van der Waals surface area contributed by atoms with E-state index < -0.39 is 0 Å². The zero-order valence-electron chi connectivity index (χ0n) is 12.6. The second-order valence-corrected chi connectivity index (χ2v) is 5.40. The summed E-state index contributed by atoms with van der Waals surface area (Å²) in [5, 5.41) is 3.44. The molecule has 20 heavy (non-hydrogen) atoms. The summed E-state index contributed by atoms with van der Waals surface area (Å²) >= 11 is 0. The SMILES string of the molecule is CCOc1ccc(C(C)=O)cc1CN1CCNC(C)C1. The summed E-state index contributed by atoms with van der Waals surface area (Å²) in [7, 11) is 0. The molecule has 1 N–H and O–H groups in total. The number of ketones is 1. The van der Waals surface area contributed by atoms with E-state index in [4.69, 9.17) is 4.74 Å². The molecule has 0 spiro atoms. The smallest absolute Gasteiger partial charge is 0.159 e. The van der Waals surface area contributed by atoms with Gasteiger partial charge in [-0.25, -0.2) is 0 Å². The molecule has 0 amide bonds. The van der Waals surface area contributed by atoms with Crippen molar-refractivity contribution in [3.05, 3.63) is 29.3 Å². The van der Waals surface area contributed by atoms with Gasteiger partial charge in [-0.1, -0.05) is 0 Å². The number of carbonyl (C=O) groups excluding carboxylic acids is 1. The minimum atomic E-state index is 0.1000. The minimum absolute atomic E-state index is 0.1000. The Labute approximate surface area is 121 Å². The highest BCUT2D eigenvalue weighted by atomic mass is 16.5. The van der Waals surface area contributed by atoms with Crippen molar-refractivity contribution in [1.29, 1.82) is 0 Å². The van der Waals surface area contributed by atoms with Gasteiger partial charge in [0.05, 0.1) is 6.61 Å². The van der Waals surface area contributed by atoms with E-state index in [1.54, 1.807) is 6.92 Å². The van der Waals surface area contributed by atoms with Crippen molar-refractivity contribution in [2.24, 2.45) is 0 Å². The molecule has 1 atom stereocenters. The van der Waals surface area contributed by atoms with Gasteiger partial charge in [0.15, 0.2) is 5.78 Å². The first-order valence-electron chi connectivity index (χ1n) is 7.32. The molecule has 1 heterocycles. The summed E-state index contributed by atoms with van der Waals surface area (Å²) in [5.41, 5.74) is 1.86. The van der Waals surface area contributed by atoms with Crippen LogP contribution in [0.15, 0.2) is 18.2 Å². The molecule has 110 valence electrons. The lowest BCUT2D eigenvalue weighted by atomic mass is 10.1. The molecule has 0 aliphatic carbocycles. The Kier molecular flexibility index (Phi) is 5.15. The molecule has 0 radical (unpaired) electrons. The van der Waals surface area contributed by atoms with Gasteiger partial charge in [0.25, 0.3) is 0 Å². The fourth-order valence-corrected chi connectivity index (χ4v) is 2.62. The van der Waals surface area contributed by atoms with E-state index >= 15 is 0 Å². The summed E-state index contributed by atoms with van der Waals surface area (Å²) in [6.07, 6.45) is 0. The van der Waals surface area contributed by atoms with Crippen LogP contribution in [0.25, 0.3) is 0 Å². The number of benzene rings is 1. The first kappa shape index (κ1) is 15.0. The van der Waals surface area contributed by atoms with E-state index in [2.05, 4.69) is 17.1 Å². The molecular formula is C16H24N2O2. The number of rotatable bonds is 5. The Balaban J connectivity index is 2.18. The first-order valence-corrected chi connectivity index (χ1v) is 7.32. The number of nitrogens with zero attached hydrogens (tertiary/aromatic N) is 1. The Morgan fingerprint density at radius 3 is 2.95 bits per heavy atom. The van der Waals surface area contributed by atoms with Gasteiger partial charge in [-0.15, -0.1) is 0 Å². The van der Waals surface area contributed by atoms with Crippen molar-refractivity contribution >= 4 is 5.78 Å². The summed E-state index contributed by atoms with van der Waals surface area (Å²) in [5.74, 6) is 0.992. The Bertz CT molecular complexity index is 474. The minimum Gasteiger partial charge on any atom is -0.494 e. The highest BCUT2D eigenvalue weighted by molar-refractivity contribution is 5.94. The molecule has 1 aromatic rings. The lowest BCUT2D eigenvalue weighted by molar-refractivity contribution is 0.101. The summed E-state index contributed by atoms with van der Waals surface area (Å²) < 4.78 is 5.69. The van der Waals surface area contributed by atoms with Crippen LogP contribution in [0.5, 0.6) is 5.75 Å². The van der Waals surface area contributed by atoms with Crippen molar-refractivity contribution < 1.29 is 9.53 Å². The van der Waals surface area contributed by atoms with E-state index in [0.29, 0.717) is 12.6 Å². The van der Waals surface area contributed by atoms with Gasteiger partial charge in [0.2, 0.25) is 0 Å². The van der Waals surface area contributed by atoms with Crippen molar-refractivity contribution in [3.63, 3.8) is 0 Å². The predicted molar refractivity (Wildman–Crippen MR) is 80.4 cm³/mol. The molecule has 4 nitrogen and oxygen atoms in total. The maximum absolute atomic E-state index is 11.5. The molecule has 1 unspecified atom stereocenters. The maximum atomic E-state index is 11.5. The van der Waals surface area contributed by atoms with E-state index in [0.717, 1.165) is 43.1 Å². The lowest BCUT2D eigenvalue weighted by Crippen LogP contribution is -2.48. The van der Waals surface area contributed by atoms with E-state index in [-0.39, 0.29) is 5.78 Å². The number of piperazine rings is 1. The van der Waals surface area contributed by atoms with Crippen LogP contribution in [0.3, 0.4) is 0 Å². The second-order valence-electron chi connectivity index (χ2n) is 5.40. The van der Waals surface area contributed by atoms with Gasteiger partial charge >= 0.3 is 0 Å². The van der Waals surface area contributed by atoms with Crippen molar-refractivity contribution in [3.8, 4) is 5.75 Å². The highest BCUT2D eigenvalue weighted by Gasteiger charge is 2.17. The fourth-order valence-electron chi connectivity index (χ4n) is 2.62. The number of hydrogen-bond acceptors (Lipinski definition) is 4. The van der Waals surface area contributed by atoms with E-state index in [1.165, 1.54) is 0 Å². The normalized spacial score (nSPS) is 19.9. The number of Topliss-reactive ketones (excluding diaryl/α,β-unsaturated/α-hetero) is 1. The Morgan fingerprint density at radius 1 is 1.50 bits per heavy atom. The molecule has 0 aromatic heterocycles. The molecule has 4 heteroatoms. The third kappa shape index (κ3) is 3.81. The zero-order chi connectivity index (χ0) is 14.5. The number of carbonyl (C=O) groups is 1. The van der Waals surface area contributed by atoms with Crippen molar-refractivity contribution in [2.75, 3.05) is 26.2 Å². The van der Waals surface area contributed by atoms with E-state index in [1.807, 2.05) is 25.1 Å². The molecule has 0 saturated carbocycles. The third-order valence-electron chi connectivity index (χ3n) is 3.61. The van der Waals surface area contributed by atoms with Crippen molar-refractivity contribution in [2.45, 2.75) is 33.4 Å². The molecule has 1 aliphatic heterocycles. The summed E-state index contributed by atoms with van der Waals surface area (Å²) in [4.78, 5) is 14.0. The van der Waals surface area contributed by atoms with Crippen molar-refractivity contribution in [1.82, 2.24) is 10.2 Å². The maximum Gasteiger partial charge on any atom is 0.159 e. The lowest BCUT2D eigenvalue weighted by Gasteiger charge is -2.32. The average Bonchev–Trinajstić information content (AvgIpc) is 2.41. The largest absolute Gasteiger partial charge is 0.494 e. The Morgan fingerprint density at radius 2 is 2.30 bits per heavy atom. The van der Waals surface area contributed by atoms with Crippen LogP contribution in [-0.4, -0.2) is 43.0 Å². The second kappa shape index (κ2) is 6.86. The third-order valence-corrected chi connectivity index (χ3v) is 3.61. The molecule has 1 saturated heterocycles. The van der Waals surface area contributed by atoms with Gasteiger partial charge < -0.3 is 10.1 Å². The number of hydrogen-bond donors (Lipinski definition) is 1. The predicted octanol–water partition coefficient (Wildman–Crippen LogP) is 2.08. The van der Waals surface area contributed by atoms with Gasteiger partial charge in [-0.05, 0) is 39.0 Å². The van der Waals surface area contributed by atoms with Gasteiger partial charge in [-0.3, -0.25) is 9.69 Å². The molecular weight excluding hydrogens is 252 g/mol. The highest BCUT2D eigenvalue weighted by Crippen LogP contribution is 2.23. The van der Waals surface area contributed by atoms with Crippen LogP contribution in [0.4, 0.5) is 0 Å². The monoisotopic (exact) mass is 276 g/mol. The number of nitrogens with one attached hydrogen (secondary N) is 1. The van der Waals surface area contributed by atoms with Crippen LogP contribution in [0, 0.1) is 0 Å². The van der Waals surface area contributed by atoms with Crippen LogP contribution < -0.4 is 10.1 Å². The summed E-state index contributed by atoms with van der Waals surface area (Å²) in [6, 6.07) is 6.24. The zero-order valence-corrected chi connectivity index (χ0v) is 12.6. The Hall–Kier alpha value is -1.39. The molecule has 1 aromatic carbocycles. The number of ether oxygens (including phenoxy) is 1. The van der Waals surface area contributed by atoms with Crippen LogP contribution in [0.1, 0.15) is 36.7 Å². The van der Waals surface area contributed by atoms with Gasteiger partial charge in [0.1, 0.15) is 5.75 Å². The average molecular weight is 276 g/mol. The van der Waals surface area contributed by atoms with Crippen LogP contribution in [0.2, 0.25) is 0 Å². The standard InChI is InChI=1S/C16H24N2O2/c1-4-20-16-6-5-14(13(3)19)9-15(16)11-18-8-7-17-12(2)10-18/h5-6,9,12,17H,4,7-8,10-11H2,1-3H3. The molecule has 0 bridgehead atoms.